The van der Waals surface area contributed by atoms with Gasteiger partial charge in [0.15, 0.2) is 9.84 Å². The van der Waals surface area contributed by atoms with E-state index in [1.165, 1.54) is 102 Å². The zero-order valence-electron chi connectivity index (χ0n) is 23.3. The smallest absolute Gasteiger partial charge is 0.337 e. The number of pyridine rings is 1. The van der Waals surface area contributed by atoms with Gasteiger partial charge >= 0.3 is 11.9 Å². The molecule has 1 aromatic carbocycles. The molecule has 1 aromatic heterocycles. The molecule has 0 aliphatic carbocycles. The van der Waals surface area contributed by atoms with Crippen molar-refractivity contribution in [1.82, 2.24) is 4.98 Å². The molecule has 0 spiro atoms. The molecular formula is C30H41NO7S. The molecule has 0 atom stereocenters. The number of ether oxygens (including phenoxy) is 3. The summed E-state index contributed by atoms with van der Waals surface area (Å²) in [5.74, 6) is -1.12. The van der Waals surface area contributed by atoms with Crippen molar-refractivity contribution in [2.45, 2.75) is 81.8 Å². The molecule has 0 aliphatic rings. The van der Waals surface area contributed by atoms with Gasteiger partial charge in [-0.15, -0.1) is 0 Å². The summed E-state index contributed by atoms with van der Waals surface area (Å²) in [6.07, 6.45) is 14.8. The quantitative estimate of drug-likeness (QED) is 0.118. The maximum atomic E-state index is 13.0. The molecule has 0 saturated heterocycles. The van der Waals surface area contributed by atoms with Crippen LogP contribution < -0.4 is 4.74 Å². The van der Waals surface area contributed by atoms with E-state index in [2.05, 4.69) is 21.4 Å². The molecule has 0 bridgehead atoms. The second-order valence-electron chi connectivity index (χ2n) is 9.35. The third kappa shape index (κ3) is 11.6. The first-order chi connectivity index (χ1) is 18.8. The molecule has 2 aromatic rings. The number of unbranched alkanes of at least 4 members (excludes halogenated alkanes) is 9. The molecule has 1 heterocycles. The lowest BCUT2D eigenvalue weighted by molar-refractivity contribution is -0.134. The lowest BCUT2D eigenvalue weighted by atomic mass is 10.1. The molecule has 2 rings (SSSR count). The number of hydrogen-bond donors (Lipinski definition) is 0. The van der Waals surface area contributed by atoms with E-state index in [4.69, 9.17) is 4.74 Å². The average molecular weight is 560 g/mol. The second kappa shape index (κ2) is 17.4. The molecule has 0 radical (unpaired) electrons. The van der Waals surface area contributed by atoms with Crippen molar-refractivity contribution >= 4 is 27.9 Å². The number of benzene rings is 1. The van der Waals surface area contributed by atoms with E-state index in [1.54, 1.807) is 12.1 Å². The third-order valence-electron chi connectivity index (χ3n) is 6.23. The fourth-order valence-electron chi connectivity index (χ4n) is 4.03. The molecule has 9 heteroatoms. The molecule has 0 fully saturated rings. The normalized spacial score (nSPS) is 11.5. The molecule has 0 amide bonds. The summed E-state index contributed by atoms with van der Waals surface area (Å²) in [5.41, 5.74) is 0.752. The van der Waals surface area contributed by atoms with Gasteiger partial charge in [-0.05, 0) is 42.8 Å². The van der Waals surface area contributed by atoms with Crippen molar-refractivity contribution in [2.24, 2.45) is 0 Å². The predicted molar refractivity (Wildman–Crippen MR) is 151 cm³/mol. The number of carbonyl (C=O) groups excluding carboxylic acids is 2. The van der Waals surface area contributed by atoms with E-state index >= 15 is 0 Å². The van der Waals surface area contributed by atoms with Crippen molar-refractivity contribution in [1.29, 1.82) is 0 Å². The highest BCUT2D eigenvalue weighted by molar-refractivity contribution is 7.90. The average Bonchev–Trinajstić information content (AvgIpc) is 2.94. The van der Waals surface area contributed by atoms with E-state index in [9.17, 15) is 18.0 Å². The Labute approximate surface area is 232 Å². The summed E-state index contributed by atoms with van der Waals surface area (Å²) in [7, 11) is -1.30. The zero-order valence-corrected chi connectivity index (χ0v) is 24.1. The minimum absolute atomic E-state index is 0.0138. The number of aromatic nitrogens is 1. The van der Waals surface area contributed by atoms with Crippen molar-refractivity contribution in [3.8, 4) is 5.75 Å². The monoisotopic (exact) mass is 559 g/mol. The Hall–Kier alpha value is -3.20. The van der Waals surface area contributed by atoms with Gasteiger partial charge in [0.25, 0.3) is 0 Å². The van der Waals surface area contributed by atoms with Crippen LogP contribution in [0.15, 0.2) is 47.4 Å². The summed E-state index contributed by atoms with van der Waals surface area (Å²) < 4.78 is 41.4. The van der Waals surface area contributed by atoms with Gasteiger partial charge in [0.05, 0.1) is 42.7 Å². The van der Waals surface area contributed by atoms with Crippen molar-refractivity contribution in [3.05, 3.63) is 59.4 Å². The number of rotatable bonds is 18. The van der Waals surface area contributed by atoms with Gasteiger partial charge in [-0.2, -0.15) is 0 Å². The zero-order chi connectivity index (χ0) is 28.5. The Morgan fingerprint density at radius 3 is 2.18 bits per heavy atom. The first-order valence-electron chi connectivity index (χ1n) is 13.6. The van der Waals surface area contributed by atoms with E-state index in [-0.39, 0.29) is 16.2 Å². The molecule has 8 nitrogen and oxygen atoms in total. The lowest BCUT2D eigenvalue weighted by Crippen LogP contribution is -2.09. The predicted octanol–water partition coefficient (Wildman–Crippen LogP) is 6.33. The van der Waals surface area contributed by atoms with Crippen LogP contribution in [0.5, 0.6) is 5.75 Å². The molecule has 0 saturated carbocycles. The van der Waals surface area contributed by atoms with Gasteiger partial charge in [0.2, 0.25) is 0 Å². The summed E-state index contributed by atoms with van der Waals surface area (Å²) in [4.78, 5) is 27.9. The highest BCUT2D eigenvalue weighted by Crippen LogP contribution is 2.23. The molecule has 39 heavy (non-hydrogen) atoms. The van der Waals surface area contributed by atoms with Crippen LogP contribution in [0.25, 0.3) is 6.08 Å². The Morgan fingerprint density at radius 2 is 1.54 bits per heavy atom. The van der Waals surface area contributed by atoms with Crippen LogP contribution in [0.3, 0.4) is 0 Å². The number of methoxy groups -OCH3 is 2. The molecule has 214 valence electrons. The minimum atomic E-state index is -3.81. The number of nitrogens with zero attached hydrogens (tertiary/aromatic N) is 1. The van der Waals surface area contributed by atoms with Crippen molar-refractivity contribution in [2.75, 3.05) is 20.8 Å². The van der Waals surface area contributed by atoms with Crippen LogP contribution in [0.4, 0.5) is 0 Å². The second-order valence-corrected chi connectivity index (χ2v) is 11.3. The van der Waals surface area contributed by atoms with Gasteiger partial charge < -0.3 is 14.2 Å². The van der Waals surface area contributed by atoms with Crippen molar-refractivity contribution < 1.29 is 32.2 Å². The van der Waals surface area contributed by atoms with Crippen LogP contribution in [0, 0.1) is 0 Å². The van der Waals surface area contributed by atoms with Gasteiger partial charge in [0, 0.05) is 6.08 Å². The minimum Gasteiger partial charge on any atom is -0.491 e. The van der Waals surface area contributed by atoms with Gasteiger partial charge in [-0.25, -0.2) is 23.0 Å². The maximum Gasteiger partial charge on any atom is 0.337 e. The van der Waals surface area contributed by atoms with Crippen LogP contribution >= 0.6 is 0 Å². The number of esters is 2. The van der Waals surface area contributed by atoms with Gasteiger partial charge in [0.1, 0.15) is 11.4 Å². The van der Waals surface area contributed by atoms with E-state index < -0.39 is 27.5 Å². The first kappa shape index (κ1) is 32.0. The molecule has 0 aliphatic heterocycles. The largest absolute Gasteiger partial charge is 0.491 e. The van der Waals surface area contributed by atoms with Gasteiger partial charge in [-0.1, -0.05) is 70.8 Å². The van der Waals surface area contributed by atoms with Crippen LogP contribution in [0.1, 0.15) is 92.9 Å². The third-order valence-corrected chi connectivity index (χ3v) is 7.88. The fourth-order valence-corrected chi connectivity index (χ4v) is 5.33. The number of sulfone groups is 1. The molecule has 0 unspecified atom stereocenters. The topological polar surface area (TPSA) is 109 Å². The maximum absolute atomic E-state index is 13.0. The van der Waals surface area contributed by atoms with E-state index in [0.29, 0.717) is 18.1 Å². The van der Waals surface area contributed by atoms with Crippen molar-refractivity contribution in [3.63, 3.8) is 0 Å². The summed E-state index contributed by atoms with van der Waals surface area (Å²) in [5, 5.41) is 0. The Bertz CT molecular complexity index is 1190. The highest BCUT2D eigenvalue weighted by Gasteiger charge is 2.19. The van der Waals surface area contributed by atoms with Crippen LogP contribution in [-0.4, -0.2) is 46.2 Å². The Kier molecular flexibility index (Phi) is 14.3. The Morgan fingerprint density at radius 1 is 0.872 bits per heavy atom. The fraction of sp³-hybridized carbons (Fsp3) is 0.500. The lowest BCUT2D eigenvalue weighted by Gasteiger charge is -2.11. The van der Waals surface area contributed by atoms with E-state index in [0.717, 1.165) is 12.8 Å². The van der Waals surface area contributed by atoms with Crippen LogP contribution in [-0.2, 0) is 29.9 Å². The summed E-state index contributed by atoms with van der Waals surface area (Å²) in [6, 6.07) is 8.93. The van der Waals surface area contributed by atoms with Crippen LogP contribution in [0.2, 0.25) is 0 Å². The SMILES string of the molecule is CCCCCCCCCCCCOc1ccc(CS(=O)(=O)c2cccc(C(=O)OC)c2)nc1/C=C/C(=O)OC. The Balaban J connectivity index is 2.01. The highest BCUT2D eigenvalue weighted by atomic mass is 32.2. The van der Waals surface area contributed by atoms with E-state index in [1.807, 2.05) is 0 Å². The first-order valence-corrected chi connectivity index (χ1v) is 15.3. The summed E-state index contributed by atoms with van der Waals surface area (Å²) >= 11 is 0. The van der Waals surface area contributed by atoms with Gasteiger partial charge in [-0.3, -0.25) is 0 Å². The molecular weight excluding hydrogens is 518 g/mol. The molecule has 0 N–H and O–H groups in total. The number of hydrogen-bond acceptors (Lipinski definition) is 8. The standard InChI is InChI=1S/C30H41NO7S/c1-4-5-6-7-8-9-10-11-12-13-21-38-28-19-17-25(31-27(28)18-20-29(32)36-2)23-39(34,35)26-16-14-15-24(22-26)30(33)37-3/h14-20,22H,4-13,21,23H2,1-3H3/b20-18+. The summed E-state index contributed by atoms with van der Waals surface area (Å²) in [6.45, 7) is 2.72. The number of carbonyl (C=O) groups is 2.